The fourth-order valence-corrected chi connectivity index (χ4v) is 5.72. The first-order valence-electron chi connectivity index (χ1n) is 10.3. The molecular weight excluding hydrogens is 438 g/mol. The minimum absolute atomic E-state index is 0.0515. The van der Waals surface area contributed by atoms with Crippen LogP contribution in [-0.2, 0) is 16.0 Å². The summed E-state index contributed by atoms with van der Waals surface area (Å²) in [5.74, 6) is 0.588. The molecule has 1 aromatic carbocycles. The van der Waals surface area contributed by atoms with E-state index in [1.165, 1.54) is 0 Å². The lowest BCUT2D eigenvalue weighted by Crippen LogP contribution is -2.37. The Kier molecular flexibility index (Phi) is 5.50. The van der Waals surface area contributed by atoms with Crippen LogP contribution in [0.1, 0.15) is 12.5 Å². The molecule has 1 fully saturated rings. The minimum atomic E-state index is -0.645. The summed E-state index contributed by atoms with van der Waals surface area (Å²) in [6.45, 7) is 4.54. The van der Waals surface area contributed by atoms with Crippen LogP contribution >= 0.6 is 23.4 Å². The number of anilines is 2. The highest BCUT2D eigenvalue weighted by Gasteiger charge is 2.37. The summed E-state index contributed by atoms with van der Waals surface area (Å²) in [5, 5.41) is 15.4. The van der Waals surface area contributed by atoms with Crippen LogP contribution in [-0.4, -0.2) is 67.0 Å². The number of amides is 1. The zero-order chi connectivity index (χ0) is 21.6. The third-order valence-corrected chi connectivity index (χ3v) is 7.28. The minimum Gasteiger partial charge on any atom is -0.484 e. The van der Waals surface area contributed by atoms with Crippen LogP contribution in [0.15, 0.2) is 39.2 Å². The Morgan fingerprint density at radius 1 is 1.42 bits per heavy atom. The second-order valence-corrected chi connectivity index (χ2v) is 9.85. The molecule has 9 heteroatoms. The summed E-state index contributed by atoms with van der Waals surface area (Å²) in [7, 11) is 0. The molecule has 2 unspecified atom stereocenters. The van der Waals surface area contributed by atoms with Crippen LogP contribution < -0.4 is 15.0 Å². The summed E-state index contributed by atoms with van der Waals surface area (Å²) in [5.41, 5.74) is 2.60. The number of dihydropyridines is 1. The highest BCUT2D eigenvalue weighted by atomic mass is 35.5. The van der Waals surface area contributed by atoms with Crippen LogP contribution in [0.5, 0.6) is 5.75 Å². The van der Waals surface area contributed by atoms with Crippen LogP contribution in [0.3, 0.4) is 0 Å². The third kappa shape index (κ3) is 3.98. The molecule has 0 radical (unpaired) electrons. The van der Waals surface area contributed by atoms with E-state index >= 15 is 0 Å². The Morgan fingerprint density at radius 2 is 2.23 bits per heavy atom. The summed E-state index contributed by atoms with van der Waals surface area (Å²) < 4.78 is 11.5. The molecule has 3 atom stereocenters. The van der Waals surface area contributed by atoms with Crippen molar-refractivity contribution in [2.75, 3.05) is 43.1 Å². The number of hydrogen-bond acceptors (Lipinski definition) is 7. The number of aliphatic hydroxyl groups excluding tert-OH is 1. The summed E-state index contributed by atoms with van der Waals surface area (Å²) in [6.07, 6.45) is 4.13. The normalized spacial score (nSPS) is 29.1. The smallest absolute Gasteiger partial charge is 0.254 e. The number of nitrogens with zero attached hydrogens (tertiary/aromatic N) is 2. The molecule has 1 aromatic rings. The molecular formula is C22H24ClN3O4S. The molecule has 7 nitrogen and oxygen atoms in total. The van der Waals surface area contributed by atoms with Gasteiger partial charge >= 0.3 is 0 Å². The molecule has 4 aliphatic rings. The Bertz CT molecular complexity index is 1000. The molecule has 1 saturated heterocycles. The van der Waals surface area contributed by atoms with E-state index in [4.69, 9.17) is 21.1 Å². The van der Waals surface area contributed by atoms with Gasteiger partial charge in [0.2, 0.25) is 0 Å². The quantitative estimate of drug-likeness (QED) is 0.717. The second kappa shape index (κ2) is 8.16. The fraction of sp³-hybridized carbons (Fsp3) is 0.455. The van der Waals surface area contributed by atoms with Gasteiger partial charge in [0, 0.05) is 42.9 Å². The second-order valence-electron chi connectivity index (χ2n) is 8.37. The van der Waals surface area contributed by atoms with Crippen LogP contribution in [0.2, 0.25) is 0 Å². The number of aliphatic imine (C=N–C) groups is 1. The Labute approximate surface area is 190 Å². The van der Waals surface area contributed by atoms with Gasteiger partial charge in [0.1, 0.15) is 11.4 Å². The highest BCUT2D eigenvalue weighted by Crippen LogP contribution is 2.43. The first-order chi connectivity index (χ1) is 15.0. The molecule has 0 saturated carbocycles. The number of morpholine rings is 1. The molecule has 0 bridgehead atoms. The van der Waals surface area contributed by atoms with Crippen LogP contribution in [0, 0.1) is 0 Å². The van der Waals surface area contributed by atoms with E-state index in [1.807, 2.05) is 30.5 Å². The highest BCUT2D eigenvalue weighted by molar-refractivity contribution is 8.03. The fourth-order valence-electron chi connectivity index (χ4n) is 4.31. The molecule has 1 amide bonds. The number of benzene rings is 1. The number of allylic oxidation sites excluding steroid dienone is 1. The number of ether oxygens (including phenoxy) is 2. The van der Waals surface area contributed by atoms with E-state index in [-0.39, 0.29) is 23.8 Å². The Morgan fingerprint density at radius 3 is 3.00 bits per heavy atom. The molecule has 4 heterocycles. The molecule has 0 aliphatic carbocycles. The Balaban J connectivity index is 1.44. The number of thioether (sulfide) groups is 1. The Hall–Kier alpha value is -2.00. The van der Waals surface area contributed by atoms with Crippen molar-refractivity contribution in [2.24, 2.45) is 4.99 Å². The van der Waals surface area contributed by atoms with Gasteiger partial charge in [-0.25, -0.2) is 0 Å². The molecule has 0 aromatic heterocycles. The van der Waals surface area contributed by atoms with Gasteiger partial charge in [-0.05, 0) is 24.5 Å². The monoisotopic (exact) mass is 461 g/mol. The number of rotatable bonds is 4. The molecule has 5 rings (SSSR count). The maximum absolute atomic E-state index is 13.2. The predicted octanol–water partition coefficient (Wildman–Crippen LogP) is 2.72. The summed E-state index contributed by atoms with van der Waals surface area (Å²) in [4.78, 5) is 19.9. The lowest BCUT2D eigenvalue weighted by molar-refractivity contribution is -0.113. The van der Waals surface area contributed by atoms with Gasteiger partial charge in [-0.15, -0.1) is 11.8 Å². The predicted molar refractivity (Wildman–Crippen MR) is 124 cm³/mol. The molecule has 4 aliphatic heterocycles. The average Bonchev–Trinajstić information content (AvgIpc) is 3.33. The summed E-state index contributed by atoms with van der Waals surface area (Å²) >= 11 is 7.63. The van der Waals surface area contributed by atoms with E-state index in [0.29, 0.717) is 30.2 Å². The van der Waals surface area contributed by atoms with Gasteiger partial charge in [-0.1, -0.05) is 11.6 Å². The van der Waals surface area contributed by atoms with Gasteiger partial charge in [-0.3, -0.25) is 9.79 Å². The van der Waals surface area contributed by atoms with E-state index in [9.17, 15) is 9.90 Å². The molecule has 2 N–H and O–H groups in total. The first-order valence-corrected chi connectivity index (χ1v) is 11.6. The largest absolute Gasteiger partial charge is 0.484 e. The lowest BCUT2D eigenvalue weighted by atomic mass is 9.99. The van der Waals surface area contributed by atoms with Crippen molar-refractivity contribution < 1.29 is 19.4 Å². The van der Waals surface area contributed by atoms with E-state index in [1.54, 1.807) is 18.0 Å². The zero-order valence-corrected chi connectivity index (χ0v) is 18.7. The lowest BCUT2D eigenvalue weighted by Gasteiger charge is -2.31. The van der Waals surface area contributed by atoms with Crippen molar-refractivity contribution in [3.63, 3.8) is 0 Å². The molecule has 0 spiro atoms. The van der Waals surface area contributed by atoms with Gasteiger partial charge in [0.15, 0.2) is 0 Å². The van der Waals surface area contributed by atoms with Gasteiger partial charge < -0.3 is 24.8 Å². The number of carbonyl (C=O) groups is 1. The summed E-state index contributed by atoms with van der Waals surface area (Å²) in [6, 6.07) is 3.72. The number of fused-ring (bicyclic) bond motifs is 2. The van der Waals surface area contributed by atoms with Crippen molar-refractivity contribution in [1.82, 2.24) is 0 Å². The van der Waals surface area contributed by atoms with Gasteiger partial charge in [0.05, 0.1) is 47.5 Å². The standard InChI is InChI=1S/C22H24ClN3O4S/c1-22(12-27)9-13-6-16(17(8-18(13)30-22)26-2-4-29-5-3-26)25-21(28)15-11-31-19-7-14(23)10-24-20(15)19/h6-8,10-11,19-20,27H,2-5,9,12H2,1H3,(H,25,28)/t19?,20?,22-/m0/s1. The first kappa shape index (κ1) is 20.9. The van der Waals surface area contributed by atoms with E-state index < -0.39 is 5.60 Å². The topological polar surface area (TPSA) is 83.4 Å². The van der Waals surface area contributed by atoms with Gasteiger partial charge in [-0.2, -0.15) is 0 Å². The number of hydrogen-bond donors (Lipinski definition) is 2. The van der Waals surface area contributed by atoms with E-state index in [0.717, 1.165) is 35.8 Å². The number of nitrogens with one attached hydrogen (secondary N) is 1. The SMILES string of the molecule is C[C@@]1(CO)Cc2cc(NC(=O)C3=CSC4C=C(Cl)C=NC34)c(N3CCOCC3)cc2O1. The van der Waals surface area contributed by atoms with E-state index in [2.05, 4.69) is 15.2 Å². The number of aliphatic hydroxyl groups is 1. The molecule has 31 heavy (non-hydrogen) atoms. The number of halogens is 1. The average molecular weight is 462 g/mol. The van der Waals surface area contributed by atoms with Crippen LogP contribution in [0.25, 0.3) is 0 Å². The van der Waals surface area contributed by atoms with Crippen molar-refractivity contribution >= 4 is 46.9 Å². The van der Waals surface area contributed by atoms with Crippen molar-refractivity contribution in [3.8, 4) is 5.75 Å². The maximum atomic E-state index is 13.2. The number of carbonyl (C=O) groups excluding carboxylic acids is 1. The van der Waals surface area contributed by atoms with Crippen molar-refractivity contribution in [1.29, 1.82) is 0 Å². The third-order valence-electron chi connectivity index (χ3n) is 5.96. The van der Waals surface area contributed by atoms with Crippen molar-refractivity contribution in [2.45, 2.75) is 30.2 Å². The zero-order valence-electron chi connectivity index (χ0n) is 17.1. The van der Waals surface area contributed by atoms with Gasteiger partial charge in [0.25, 0.3) is 5.91 Å². The van der Waals surface area contributed by atoms with Crippen LogP contribution in [0.4, 0.5) is 11.4 Å². The maximum Gasteiger partial charge on any atom is 0.254 e. The molecule has 164 valence electrons. The van der Waals surface area contributed by atoms with Crippen molar-refractivity contribution in [3.05, 3.63) is 39.8 Å².